The monoisotopic (exact) mass is 379 g/mol. The van der Waals surface area contributed by atoms with E-state index in [0.717, 1.165) is 16.7 Å². The molecular formula is C20H18ClN5O. The minimum atomic E-state index is -0.502. The van der Waals surface area contributed by atoms with Gasteiger partial charge in [0.2, 0.25) is 11.9 Å². The molecular weight excluding hydrogens is 362 g/mol. The molecule has 0 bridgehead atoms. The third-order valence-electron chi connectivity index (χ3n) is 4.58. The van der Waals surface area contributed by atoms with Gasteiger partial charge in [-0.2, -0.15) is 4.98 Å². The Morgan fingerprint density at radius 3 is 2.59 bits per heavy atom. The molecule has 1 atom stereocenters. The number of anilines is 1. The maximum absolute atomic E-state index is 12.2. The number of hydrogen-bond acceptors (Lipinski definition) is 4. The van der Waals surface area contributed by atoms with Gasteiger partial charge in [0.05, 0.1) is 5.57 Å². The molecule has 0 radical (unpaired) electrons. The SMILES string of the molecule is CC1=C(C(N)=O)C(c2ccc(Cl)cc2)n2nc(-c3cccc(C)c3)nc2N1. The summed E-state index contributed by atoms with van der Waals surface area (Å²) in [5.74, 6) is 0.644. The zero-order valence-electron chi connectivity index (χ0n) is 14.9. The molecule has 6 nitrogen and oxygen atoms in total. The highest BCUT2D eigenvalue weighted by Crippen LogP contribution is 2.36. The standard InChI is InChI=1S/C20H18ClN5O/c1-11-4-3-5-14(10-11)19-24-20-23-12(2)16(18(22)27)17(26(20)25-19)13-6-8-15(21)9-7-13/h3-10,17H,1-2H3,(H2,22,27)(H,23,24,25). The van der Waals surface area contributed by atoms with Crippen molar-refractivity contribution in [3.05, 3.63) is 76.0 Å². The van der Waals surface area contributed by atoms with Crippen LogP contribution in [-0.4, -0.2) is 20.7 Å². The Balaban J connectivity index is 1.88. The molecule has 2 aromatic carbocycles. The summed E-state index contributed by atoms with van der Waals surface area (Å²) in [6.07, 6.45) is 0. The highest BCUT2D eigenvalue weighted by Gasteiger charge is 2.33. The van der Waals surface area contributed by atoms with Crippen LogP contribution in [0, 0.1) is 6.92 Å². The number of benzene rings is 2. The van der Waals surface area contributed by atoms with Crippen molar-refractivity contribution in [3.63, 3.8) is 0 Å². The Labute approximate surface area is 161 Å². The maximum atomic E-state index is 12.2. The Morgan fingerprint density at radius 1 is 1.19 bits per heavy atom. The number of nitrogens with zero attached hydrogens (tertiary/aromatic N) is 3. The lowest BCUT2D eigenvalue weighted by molar-refractivity contribution is -0.115. The van der Waals surface area contributed by atoms with Gasteiger partial charge in [0.25, 0.3) is 0 Å². The summed E-state index contributed by atoms with van der Waals surface area (Å²) >= 11 is 6.03. The van der Waals surface area contributed by atoms with Crippen LogP contribution in [0.4, 0.5) is 5.95 Å². The van der Waals surface area contributed by atoms with E-state index in [-0.39, 0.29) is 0 Å². The zero-order chi connectivity index (χ0) is 19.1. The first kappa shape index (κ1) is 17.3. The first-order valence-electron chi connectivity index (χ1n) is 8.50. The van der Waals surface area contributed by atoms with Crippen molar-refractivity contribution >= 4 is 23.5 Å². The van der Waals surface area contributed by atoms with E-state index in [2.05, 4.69) is 15.4 Å². The number of primary amides is 1. The van der Waals surface area contributed by atoms with Gasteiger partial charge in [-0.3, -0.25) is 4.79 Å². The predicted octanol–water partition coefficient (Wildman–Crippen LogP) is 3.68. The second-order valence-electron chi connectivity index (χ2n) is 6.56. The summed E-state index contributed by atoms with van der Waals surface area (Å²) in [6.45, 7) is 3.83. The van der Waals surface area contributed by atoms with Crippen molar-refractivity contribution in [1.29, 1.82) is 0 Å². The molecule has 1 aromatic heterocycles. The van der Waals surface area contributed by atoms with Crippen molar-refractivity contribution in [3.8, 4) is 11.4 Å². The fourth-order valence-electron chi connectivity index (χ4n) is 3.33. The number of fused-ring (bicyclic) bond motifs is 1. The number of hydrogen-bond donors (Lipinski definition) is 2. The predicted molar refractivity (Wildman–Crippen MR) is 105 cm³/mol. The molecule has 0 aliphatic carbocycles. The van der Waals surface area contributed by atoms with Crippen LogP contribution in [0.25, 0.3) is 11.4 Å². The van der Waals surface area contributed by atoms with Gasteiger partial charge >= 0.3 is 0 Å². The average Bonchev–Trinajstić information content (AvgIpc) is 3.04. The van der Waals surface area contributed by atoms with Crippen molar-refractivity contribution < 1.29 is 4.79 Å². The fourth-order valence-corrected chi connectivity index (χ4v) is 3.46. The van der Waals surface area contributed by atoms with Crippen LogP contribution >= 0.6 is 11.6 Å². The van der Waals surface area contributed by atoms with Crippen molar-refractivity contribution in [2.75, 3.05) is 5.32 Å². The van der Waals surface area contributed by atoms with E-state index in [9.17, 15) is 4.79 Å². The molecule has 4 rings (SSSR count). The van der Waals surface area contributed by atoms with Gasteiger partial charge in [-0.1, -0.05) is 47.5 Å². The average molecular weight is 380 g/mol. The number of allylic oxidation sites excluding steroid dienone is 1. The Morgan fingerprint density at radius 2 is 1.93 bits per heavy atom. The Kier molecular flexibility index (Phi) is 4.20. The van der Waals surface area contributed by atoms with Crippen molar-refractivity contribution in [1.82, 2.24) is 14.8 Å². The quantitative estimate of drug-likeness (QED) is 0.726. The Bertz CT molecular complexity index is 1070. The first-order chi connectivity index (χ1) is 12.9. The largest absolute Gasteiger partial charge is 0.366 e. The van der Waals surface area contributed by atoms with Crippen LogP contribution in [-0.2, 0) is 4.79 Å². The van der Waals surface area contributed by atoms with Crippen LogP contribution in [0.1, 0.15) is 24.1 Å². The molecule has 0 saturated carbocycles. The molecule has 1 amide bonds. The second kappa shape index (κ2) is 6.55. The van der Waals surface area contributed by atoms with Crippen LogP contribution in [0.5, 0.6) is 0 Å². The summed E-state index contributed by atoms with van der Waals surface area (Å²) in [7, 11) is 0. The summed E-state index contributed by atoms with van der Waals surface area (Å²) in [6, 6.07) is 14.8. The summed E-state index contributed by atoms with van der Waals surface area (Å²) in [5, 5.41) is 8.45. The van der Waals surface area contributed by atoms with E-state index in [4.69, 9.17) is 17.3 Å². The Hall–Kier alpha value is -3.12. The molecule has 3 N–H and O–H groups in total. The fraction of sp³-hybridized carbons (Fsp3) is 0.150. The minimum absolute atomic E-state index is 0.450. The van der Waals surface area contributed by atoms with Gasteiger partial charge in [0.1, 0.15) is 6.04 Å². The number of rotatable bonds is 3. The molecule has 3 aromatic rings. The van der Waals surface area contributed by atoms with Gasteiger partial charge in [-0.15, -0.1) is 5.10 Å². The summed E-state index contributed by atoms with van der Waals surface area (Å²) < 4.78 is 1.70. The molecule has 27 heavy (non-hydrogen) atoms. The number of halogens is 1. The number of nitrogens with one attached hydrogen (secondary N) is 1. The van der Waals surface area contributed by atoms with E-state index >= 15 is 0 Å². The van der Waals surface area contributed by atoms with Gasteiger partial charge in [0, 0.05) is 16.3 Å². The third-order valence-corrected chi connectivity index (χ3v) is 4.83. The highest BCUT2D eigenvalue weighted by atomic mass is 35.5. The molecule has 0 fully saturated rings. The summed E-state index contributed by atoms with van der Waals surface area (Å²) in [5.41, 5.74) is 9.69. The zero-order valence-corrected chi connectivity index (χ0v) is 15.7. The first-order valence-corrected chi connectivity index (χ1v) is 8.88. The maximum Gasteiger partial charge on any atom is 0.248 e. The molecule has 7 heteroatoms. The lowest BCUT2D eigenvalue weighted by atomic mass is 9.95. The summed E-state index contributed by atoms with van der Waals surface area (Å²) in [4.78, 5) is 16.8. The van der Waals surface area contributed by atoms with Crippen LogP contribution < -0.4 is 11.1 Å². The van der Waals surface area contributed by atoms with E-state index in [1.807, 2.05) is 50.2 Å². The van der Waals surface area contributed by atoms with Gasteiger partial charge in [-0.05, 0) is 37.6 Å². The smallest absolute Gasteiger partial charge is 0.248 e. The molecule has 1 aliphatic heterocycles. The highest BCUT2D eigenvalue weighted by molar-refractivity contribution is 6.30. The molecule has 2 heterocycles. The number of aryl methyl sites for hydroxylation is 1. The van der Waals surface area contributed by atoms with E-state index in [0.29, 0.717) is 28.1 Å². The number of amides is 1. The van der Waals surface area contributed by atoms with Crippen LogP contribution in [0.15, 0.2) is 59.8 Å². The normalized spacial score (nSPS) is 16.0. The molecule has 0 spiro atoms. The minimum Gasteiger partial charge on any atom is -0.366 e. The van der Waals surface area contributed by atoms with Crippen LogP contribution in [0.2, 0.25) is 5.02 Å². The topological polar surface area (TPSA) is 85.8 Å². The lowest BCUT2D eigenvalue weighted by Gasteiger charge is -2.27. The molecule has 1 aliphatic rings. The number of aromatic nitrogens is 3. The molecule has 136 valence electrons. The molecule has 1 unspecified atom stereocenters. The van der Waals surface area contributed by atoms with Gasteiger partial charge in [0.15, 0.2) is 5.82 Å². The lowest BCUT2D eigenvalue weighted by Crippen LogP contribution is -2.31. The van der Waals surface area contributed by atoms with E-state index in [1.54, 1.807) is 16.8 Å². The number of carbonyl (C=O) groups is 1. The molecule has 0 saturated heterocycles. The van der Waals surface area contributed by atoms with Gasteiger partial charge in [-0.25, -0.2) is 4.68 Å². The second-order valence-corrected chi connectivity index (χ2v) is 6.99. The van der Waals surface area contributed by atoms with Gasteiger partial charge < -0.3 is 11.1 Å². The van der Waals surface area contributed by atoms with E-state index in [1.165, 1.54) is 0 Å². The van der Waals surface area contributed by atoms with Crippen molar-refractivity contribution in [2.24, 2.45) is 5.73 Å². The number of carbonyl (C=O) groups excluding carboxylic acids is 1. The van der Waals surface area contributed by atoms with Crippen molar-refractivity contribution in [2.45, 2.75) is 19.9 Å². The number of nitrogens with two attached hydrogens (primary N) is 1. The third kappa shape index (κ3) is 3.08. The van der Waals surface area contributed by atoms with Crippen LogP contribution in [0.3, 0.4) is 0 Å². The van der Waals surface area contributed by atoms with E-state index < -0.39 is 11.9 Å².